The molecule has 9 rings (SSSR count). The Morgan fingerprint density at radius 1 is 0.702 bits per heavy atom. The third kappa shape index (κ3) is 5.53. The standard InChI is InChI=1S/C46H38ClN3O7/c1-56-37-23-32(51)24-38(57-2)40(37)41-33-20-21-34-39(44(54)49(42(34)52)30-18-16-29(17-19-30)48-28-13-7-4-8-14-28)35(33)25-36-43(53)50(31-15-9-12-27(47)22-31)45(55)46(36,41)26-10-5-3-6-11-26/h3-20,22-24,34-36,39,41,48,51H,21,25H2,1-2H3. The third-order valence-corrected chi connectivity index (χ3v) is 12.4. The number of carbonyl (C=O) groups excluding carboxylic acids is 4. The van der Waals surface area contributed by atoms with Crippen LogP contribution in [0.1, 0.15) is 29.9 Å². The molecule has 4 aliphatic rings. The van der Waals surface area contributed by atoms with Gasteiger partial charge < -0.3 is 19.9 Å². The van der Waals surface area contributed by atoms with Crippen molar-refractivity contribution >= 4 is 58.0 Å². The lowest BCUT2D eigenvalue weighted by Crippen LogP contribution is -2.53. The Balaban J connectivity index is 1.21. The molecule has 286 valence electrons. The van der Waals surface area contributed by atoms with Gasteiger partial charge in [0.25, 0.3) is 0 Å². The van der Waals surface area contributed by atoms with E-state index in [2.05, 4.69) is 5.32 Å². The summed E-state index contributed by atoms with van der Waals surface area (Å²) in [5.74, 6) is -5.21. The van der Waals surface area contributed by atoms with Gasteiger partial charge in [-0.15, -0.1) is 0 Å². The number of anilines is 4. The Bertz CT molecular complexity index is 2450. The van der Waals surface area contributed by atoms with Gasteiger partial charge in [0, 0.05) is 40.0 Å². The molecule has 3 fully saturated rings. The van der Waals surface area contributed by atoms with E-state index >= 15 is 9.59 Å². The van der Waals surface area contributed by atoms with Gasteiger partial charge in [-0.05, 0) is 78.9 Å². The zero-order chi connectivity index (χ0) is 39.6. The van der Waals surface area contributed by atoms with Crippen molar-refractivity contribution in [2.24, 2.45) is 23.7 Å². The zero-order valence-corrected chi connectivity index (χ0v) is 31.9. The van der Waals surface area contributed by atoms with Crippen molar-refractivity contribution in [3.63, 3.8) is 0 Å². The highest BCUT2D eigenvalue weighted by molar-refractivity contribution is 6.32. The summed E-state index contributed by atoms with van der Waals surface area (Å²) >= 11 is 6.45. The fraction of sp³-hybridized carbons (Fsp3) is 0.217. The maximum absolute atomic E-state index is 15.6. The van der Waals surface area contributed by atoms with Gasteiger partial charge in [0.05, 0.1) is 48.8 Å². The molecule has 4 amide bonds. The average Bonchev–Trinajstić information content (AvgIpc) is 3.62. The number of halogens is 1. The van der Waals surface area contributed by atoms with Gasteiger partial charge in [0.2, 0.25) is 23.6 Å². The summed E-state index contributed by atoms with van der Waals surface area (Å²) in [6.45, 7) is 0. The quantitative estimate of drug-likeness (QED) is 0.119. The molecule has 5 aromatic rings. The van der Waals surface area contributed by atoms with Crippen LogP contribution in [0.25, 0.3) is 0 Å². The van der Waals surface area contributed by atoms with Crippen molar-refractivity contribution in [2.45, 2.75) is 24.2 Å². The Hall–Kier alpha value is -6.39. The van der Waals surface area contributed by atoms with Gasteiger partial charge in [-0.25, -0.2) is 4.90 Å². The third-order valence-electron chi connectivity index (χ3n) is 12.2. The summed E-state index contributed by atoms with van der Waals surface area (Å²) in [5, 5.41) is 14.5. The molecule has 2 heterocycles. The minimum atomic E-state index is -1.56. The molecule has 6 atom stereocenters. The first kappa shape index (κ1) is 36.3. The molecule has 2 N–H and O–H groups in total. The van der Waals surface area contributed by atoms with E-state index in [0.29, 0.717) is 27.5 Å². The lowest BCUT2D eigenvalue weighted by Gasteiger charge is -2.51. The van der Waals surface area contributed by atoms with Crippen molar-refractivity contribution in [3.8, 4) is 17.2 Å². The molecule has 0 spiro atoms. The van der Waals surface area contributed by atoms with Crippen molar-refractivity contribution in [1.82, 2.24) is 0 Å². The van der Waals surface area contributed by atoms with Crippen LogP contribution >= 0.6 is 11.6 Å². The Kier molecular flexibility index (Phi) is 8.89. The number of carbonyl (C=O) groups is 4. The van der Waals surface area contributed by atoms with Gasteiger partial charge >= 0.3 is 0 Å². The number of imide groups is 2. The first-order chi connectivity index (χ1) is 27.7. The minimum absolute atomic E-state index is 0.116. The highest BCUT2D eigenvalue weighted by Crippen LogP contribution is 2.66. The number of phenolic OH excluding ortho intramolecular Hbond substituents is 1. The van der Waals surface area contributed by atoms with E-state index in [1.165, 1.54) is 36.2 Å². The van der Waals surface area contributed by atoms with Crippen LogP contribution in [0.15, 0.2) is 133 Å². The number of phenols is 1. The van der Waals surface area contributed by atoms with Crippen LogP contribution in [0.4, 0.5) is 22.7 Å². The number of benzene rings is 5. The smallest absolute Gasteiger partial charge is 0.246 e. The second kappa shape index (κ2) is 14.0. The molecule has 10 nitrogen and oxygen atoms in total. The van der Waals surface area contributed by atoms with Crippen LogP contribution in [0.3, 0.4) is 0 Å². The number of aromatic hydroxyl groups is 1. The van der Waals surface area contributed by atoms with Gasteiger partial charge in [0.15, 0.2) is 0 Å². The van der Waals surface area contributed by atoms with E-state index in [1.807, 2.05) is 78.9 Å². The van der Waals surface area contributed by atoms with E-state index < -0.39 is 46.8 Å². The van der Waals surface area contributed by atoms with Gasteiger partial charge in [-0.1, -0.05) is 77.8 Å². The molecule has 11 heteroatoms. The Morgan fingerprint density at radius 3 is 2.00 bits per heavy atom. The van der Waals surface area contributed by atoms with Crippen molar-refractivity contribution in [1.29, 1.82) is 0 Å². The molecule has 5 aromatic carbocycles. The summed E-state index contributed by atoms with van der Waals surface area (Å²) in [5.41, 5.74) is 2.70. The summed E-state index contributed by atoms with van der Waals surface area (Å²) in [6, 6.07) is 35.6. The van der Waals surface area contributed by atoms with E-state index in [1.54, 1.807) is 36.4 Å². The predicted octanol–water partition coefficient (Wildman–Crippen LogP) is 8.17. The van der Waals surface area contributed by atoms with E-state index in [4.69, 9.17) is 21.1 Å². The molecule has 2 aliphatic heterocycles. The number of allylic oxidation sites excluding steroid dienone is 2. The summed E-state index contributed by atoms with van der Waals surface area (Å²) in [6.07, 6.45) is 2.33. The number of ether oxygens (including phenoxy) is 2. The van der Waals surface area contributed by atoms with Gasteiger partial charge in [-0.2, -0.15) is 0 Å². The van der Waals surface area contributed by atoms with Crippen LogP contribution in [0.2, 0.25) is 5.02 Å². The van der Waals surface area contributed by atoms with Gasteiger partial charge in [-0.3, -0.25) is 24.1 Å². The maximum atomic E-state index is 15.6. The number of hydrogen-bond acceptors (Lipinski definition) is 8. The normalized spacial score (nSPS) is 25.1. The second-order valence-corrected chi connectivity index (χ2v) is 15.3. The minimum Gasteiger partial charge on any atom is -0.508 e. The highest BCUT2D eigenvalue weighted by Gasteiger charge is 2.71. The van der Waals surface area contributed by atoms with E-state index in [-0.39, 0.29) is 41.9 Å². The van der Waals surface area contributed by atoms with Crippen LogP contribution in [0.5, 0.6) is 17.2 Å². The number of hydrogen-bond donors (Lipinski definition) is 2. The average molecular weight is 780 g/mol. The van der Waals surface area contributed by atoms with Crippen molar-refractivity contribution < 1.29 is 33.8 Å². The lowest BCUT2D eigenvalue weighted by atomic mass is 9.49. The fourth-order valence-electron chi connectivity index (χ4n) is 9.90. The molecule has 57 heavy (non-hydrogen) atoms. The number of nitrogens with zero attached hydrogens (tertiary/aromatic N) is 2. The number of rotatable bonds is 8. The first-order valence-electron chi connectivity index (χ1n) is 18.8. The largest absolute Gasteiger partial charge is 0.508 e. The number of methoxy groups -OCH3 is 2. The summed E-state index contributed by atoms with van der Waals surface area (Å²) in [4.78, 5) is 62.4. The Morgan fingerprint density at radius 2 is 1.35 bits per heavy atom. The van der Waals surface area contributed by atoms with Crippen LogP contribution in [-0.4, -0.2) is 43.0 Å². The molecular weight excluding hydrogens is 742 g/mol. The molecule has 2 saturated heterocycles. The number of nitrogens with one attached hydrogen (secondary N) is 1. The lowest BCUT2D eigenvalue weighted by molar-refractivity contribution is -0.127. The topological polar surface area (TPSA) is 125 Å². The van der Waals surface area contributed by atoms with Crippen LogP contribution in [0, 0.1) is 23.7 Å². The van der Waals surface area contributed by atoms with Crippen LogP contribution in [-0.2, 0) is 24.6 Å². The second-order valence-electron chi connectivity index (χ2n) is 14.9. The Labute approximate surface area is 334 Å². The maximum Gasteiger partial charge on any atom is 0.246 e. The summed E-state index contributed by atoms with van der Waals surface area (Å²) < 4.78 is 11.9. The van der Waals surface area contributed by atoms with Crippen molar-refractivity contribution in [2.75, 3.05) is 29.3 Å². The summed E-state index contributed by atoms with van der Waals surface area (Å²) in [7, 11) is 2.93. The number of para-hydroxylation sites is 1. The molecule has 6 unspecified atom stereocenters. The van der Waals surface area contributed by atoms with Crippen molar-refractivity contribution in [3.05, 3.63) is 149 Å². The molecule has 2 aliphatic carbocycles. The zero-order valence-electron chi connectivity index (χ0n) is 31.1. The molecule has 0 radical (unpaired) electrons. The first-order valence-corrected chi connectivity index (χ1v) is 19.2. The molecule has 0 bridgehead atoms. The predicted molar refractivity (Wildman–Crippen MR) is 216 cm³/mol. The molecular formula is C46H38ClN3O7. The monoisotopic (exact) mass is 779 g/mol. The van der Waals surface area contributed by atoms with Gasteiger partial charge in [0.1, 0.15) is 17.2 Å². The van der Waals surface area contributed by atoms with E-state index in [0.717, 1.165) is 16.9 Å². The molecule has 1 saturated carbocycles. The molecule has 0 aromatic heterocycles. The fourth-order valence-corrected chi connectivity index (χ4v) is 10.1. The van der Waals surface area contributed by atoms with E-state index in [9.17, 15) is 14.7 Å². The highest BCUT2D eigenvalue weighted by atomic mass is 35.5. The van der Waals surface area contributed by atoms with Crippen LogP contribution < -0.4 is 24.6 Å². The SMILES string of the molecule is COc1cc(O)cc(OC)c1C1C2=CCC3C(=O)N(c4ccc(Nc5ccccc5)cc4)C(=O)C3C2CC2C(=O)N(c3cccc(Cl)c3)C(=O)C21c1ccccc1. The number of fused-ring (bicyclic) bond motifs is 4. The number of amides is 4.